The maximum absolute atomic E-state index is 6.55. The van der Waals surface area contributed by atoms with Crippen LogP contribution in [0.2, 0.25) is 10.0 Å². The van der Waals surface area contributed by atoms with Crippen molar-refractivity contribution in [2.75, 3.05) is 42.8 Å². The lowest BCUT2D eigenvalue weighted by Crippen LogP contribution is -2.22. The van der Waals surface area contributed by atoms with E-state index in [2.05, 4.69) is 60.4 Å². The molecule has 4 rings (SSSR count). The van der Waals surface area contributed by atoms with Crippen molar-refractivity contribution < 1.29 is 9.47 Å². The third kappa shape index (κ3) is 5.66. The molecule has 198 valence electrons. The van der Waals surface area contributed by atoms with Crippen molar-refractivity contribution in [1.29, 1.82) is 0 Å². The average Bonchev–Trinajstić information content (AvgIpc) is 2.94. The van der Waals surface area contributed by atoms with Crippen LogP contribution in [0.5, 0.6) is 11.5 Å². The van der Waals surface area contributed by atoms with Crippen LogP contribution in [-0.2, 0) is 0 Å². The van der Waals surface area contributed by atoms with E-state index < -0.39 is 0 Å². The fraction of sp³-hybridized carbons (Fsp3) is 0.269. The van der Waals surface area contributed by atoms with Crippen LogP contribution in [0.1, 0.15) is 19.4 Å². The molecule has 0 spiro atoms. The van der Waals surface area contributed by atoms with Gasteiger partial charge in [0.2, 0.25) is 0 Å². The Kier molecular flexibility index (Phi) is 8.65. The number of anilines is 5. The van der Waals surface area contributed by atoms with Crippen molar-refractivity contribution in [2.45, 2.75) is 20.8 Å². The van der Waals surface area contributed by atoms with Gasteiger partial charge in [0, 0.05) is 31.4 Å². The molecule has 0 aliphatic carbocycles. The van der Waals surface area contributed by atoms with Gasteiger partial charge in [0.15, 0.2) is 0 Å². The van der Waals surface area contributed by atoms with Gasteiger partial charge in [-0.15, -0.1) is 0 Å². The van der Waals surface area contributed by atoms with Crippen molar-refractivity contribution in [3.05, 3.63) is 58.9 Å². The van der Waals surface area contributed by atoms with Gasteiger partial charge < -0.3 is 25.0 Å². The van der Waals surface area contributed by atoms with E-state index in [4.69, 9.17) is 32.7 Å². The lowest BCUT2D eigenvalue weighted by molar-refractivity contribution is 0.395. The molecular formula is C26H28Cl2N8O2. The molecule has 0 aliphatic rings. The SMILES string of the molecule is CCN(CC)c1cnc(Nc2cc(-c3cncnc3Nc3c(Cl)c(OC)cc(OC)c3Cl)ncn2)c(C)c1. The van der Waals surface area contributed by atoms with Crippen LogP contribution in [0.25, 0.3) is 11.3 Å². The second-order valence-electron chi connectivity index (χ2n) is 8.14. The molecular weight excluding hydrogens is 527 g/mol. The summed E-state index contributed by atoms with van der Waals surface area (Å²) in [7, 11) is 3.02. The minimum atomic E-state index is 0.280. The third-order valence-electron chi connectivity index (χ3n) is 5.91. The summed E-state index contributed by atoms with van der Waals surface area (Å²) >= 11 is 13.1. The maximum atomic E-state index is 6.55. The zero-order chi connectivity index (χ0) is 27.2. The normalized spacial score (nSPS) is 10.7. The Hall–Kier alpha value is -3.89. The first-order chi connectivity index (χ1) is 18.4. The molecule has 1 aromatic carbocycles. The van der Waals surface area contributed by atoms with Crippen molar-refractivity contribution in [2.24, 2.45) is 0 Å². The van der Waals surface area contributed by atoms with E-state index in [1.807, 2.05) is 13.1 Å². The number of nitrogens with zero attached hydrogens (tertiary/aromatic N) is 6. The van der Waals surface area contributed by atoms with Crippen LogP contribution in [0.15, 0.2) is 43.2 Å². The Morgan fingerprint density at radius 2 is 1.53 bits per heavy atom. The van der Waals surface area contributed by atoms with E-state index in [0.29, 0.717) is 45.9 Å². The number of hydrogen-bond acceptors (Lipinski definition) is 10. The van der Waals surface area contributed by atoms with Crippen LogP contribution < -0.4 is 25.0 Å². The largest absolute Gasteiger partial charge is 0.495 e. The molecule has 3 heterocycles. The van der Waals surface area contributed by atoms with Crippen LogP contribution in [0, 0.1) is 6.92 Å². The summed E-state index contributed by atoms with van der Waals surface area (Å²) in [6, 6.07) is 5.51. The zero-order valence-electron chi connectivity index (χ0n) is 21.7. The van der Waals surface area contributed by atoms with E-state index in [-0.39, 0.29) is 10.0 Å². The van der Waals surface area contributed by atoms with Gasteiger partial charge in [0.05, 0.1) is 43.0 Å². The number of pyridine rings is 1. The van der Waals surface area contributed by atoms with Gasteiger partial charge in [-0.05, 0) is 32.4 Å². The molecule has 3 aromatic heterocycles. The van der Waals surface area contributed by atoms with Gasteiger partial charge in [-0.1, -0.05) is 23.2 Å². The zero-order valence-corrected chi connectivity index (χ0v) is 23.2. The van der Waals surface area contributed by atoms with E-state index in [0.717, 1.165) is 24.3 Å². The summed E-state index contributed by atoms with van der Waals surface area (Å²) in [6.45, 7) is 8.07. The molecule has 0 fully saturated rings. The molecule has 0 radical (unpaired) electrons. The van der Waals surface area contributed by atoms with Crippen LogP contribution in [-0.4, -0.2) is 52.2 Å². The van der Waals surface area contributed by atoms with Crippen molar-refractivity contribution in [1.82, 2.24) is 24.9 Å². The van der Waals surface area contributed by atoms with E-state index in [9.17, 15) is 0 Å². The Bertz CT molecular complexity index is 1400. The molecule has 12 heteroatoms. The fourth-order valence-corrected chi connectivity index (χ4v) is 4.47. The summed E-state index contributed by atoms with van der Waals surface area (Å²) in [5.41, 5.74) is 3.63. The first-order valence-corrected chi connectivity index (χ1v) is 12.6. The molecule has 0 aliphatic heterocycles. The number of methoxy groups -OCH3 is 2. The number of ether oxygens (including phenoxy) is 2. The molecule has 0 bridgehead atoms. The summed E-state index contributed by atoms with van der Waals surface area (Å²) in [4.78, 5) is 24.2. The number of aromatic nitrogens is 5. The third-order valence-corrected chi connectivity index (χ3v) is 6.66. The van der Waals surface area contributed by atoms with Crippen molar-refractivity contribution in [3.63, 3.8) is 0 Å². The maximum Gasteiger partial charge on any atom is 0.143 e. The van der Waals surface area contributed by atoms with Gasteiger partial charge in [-0.25, -0.2) is 24.9 Å². The predicted molar refractivity (Wildman–Crippen MR) is 152 cm³/mol. The minimum absolute atomic E-state index is 0.280. The van der Waals surface area contributed by atoms with Gasteiger partial charge in [0.1, 0.15) is 51.7 Å². The van der Waals surface area contributed by atoms with E-state index in [1.54, 1.807) is 18.3 Å². The lowest BCUT2D eigenvalue weighted by Gasteiger charge is -2.21. The van der Waals surface area contributed by atoms with Gasteiger partial charge in [-0.2, -0.15) is 0 Å². The molecule has 0 saturated heterocycles. The predicted octanol–water partition coefficient (Wildman–Crippen LogP) is 6.29. The molecule has 0 saturated carbocycles. The number of rotatable bonds is 10. The highest BCUT2D eigenvalue weighted by atomic mass is 35.5. The molecule has 2 N–H and O–H groups in total. The van der Waals surface area contributed by atoms with Crippen LogP contribution >= 0.6 is 23.2 Å². The Balaban J connectivity index is 1.66. The first kappa shape index (κ1) is 27.2. The summed E-state index contributed by atoms with van der Waals surface area (Å²) in [5, 5.41) is 7.04. The number of aryl methyl sites for hydroxylation is 1. The highest BCUT2D eigenvalue weighted by Crippen LogP contribution is 2.45. The Morgan fingerprint density at radius 3 is 2.16 bits per heavy atom. The minimum Gasteiger partial charge on any atom is -0.495 e. The standard InChI is InChI=1S/C26H28Cl2N8O2/c1-6-36(7-2)16-8-15(3)25(30-11-16)34-21-9-18(31-14-32-21)17-12-29-13-33-26(17)35-24-22(27)19(37-4)10-20(38-5)23(24)28/h8-14H,6-7H2,1-5H3,(H,29,33,35)(H,30,31,32,34). The van der Waals surface area contributed by atoms with Crippen molar-refractivity contribution >= 4 is 52.0 Å². The van der Waals surface area contributed by atoms with Gasteiger partial charge in [-0.3, -0.25) is 0 Å². The summed E-state index contributed by atoms with van der Waals surface area (Å²) < 4.78 is 10.7. The highest BCUT2D eigenvalue weighted by Gasteiger charge is 2.20. The van der Waals surface area contributed by atoms with E-state index >= 15 is 0 Å². The molecule has 0 amide bonds. The number of benzene rings is 1. The number of nitrogens with one attached hydrogen (secondary N) is 2. The smallest absolute Gasteiger partial charge is 0.143 e. The monoisotopic (exact) mass is 554 g/mol. The topological polar surface area (TPSA) is 110 Å². The van der Waals surface area contributed by atoms with Gasteiger partial charge in [0.25, 0.3) is 0 Å². The molecule has 4 aromatic rings. The van der Waals surface area contributed by atoms with Crippen molar-refractivity contribution in [3.8, 4) is 22.8 Å². The quantitative estimate of drug-likeness (QED) is 0.232. The Morgan fingerprint density at radius 1 is 0.816 bits per heavy atom. The molecule has 10 nitrogen and oxygen atoms in total. The van der Waals surface area contributed by atoms with Crippen LogP contribution in [0.3, 0.4) is 0 Å². The Labute approximate surface area is 231 Å². The fourth-order valence-electron chi connectivity index (χ4n) is 3.88. The summed E-state index contributed by atoms with van der Waals surface area (Å²) in [5.74, 6) is 2.50. The second kappa shape index (κ2) is 12.1. The molecule has 0 unspecified atom stereocenters. The van der Waals surface area contributed by atoms with E-state index in [1.165, 1.54) is 26.9 Å². The van der Waals surface area contributed by atoms with Crippen LogP contribution in [0.4, 0.5) is 28.8 Å². The summed E-state index contributed by atoms with van der Waals surface area (Å²) in [6.07, 6.45) is 6.37. The second-order valence-corrected chi connectivity index (χ2v) is 8.89. The van der Waals surface area contributed by atoms with Gasteiger partial charge >= 0.3 is 0 Å². The first-order valence-electron chi connectivity index (χ1n) is 11.9. The number of halogens is 2. The molecule has 38 heavy (non-hydrogen) atoms. The highest BCUT2D eigenvalue weighted by molar-refractivity contribution is 6.41. The lowest BCUT2D eigenvalue weighted by atomic mass is 10.2. The average molecular weight is 555 g/mol. The molecule has 0 atom stereocenters. The number of hydrogen-bond donors (Lipinski definition) is 2.